The van der Waals surface area contributed by atoms with Crippen LogP contribution in [0.15, 0.2) is 0 Å². The van der Waals surface area contributed by atoms with Crippen molar-refractivity contribution in [2.45, 2.75) is 45.1 Å². The molecule has 0 aromatic heterocycles. The van der Waals surface area contributed by atoms with Gasteiger partial charge in [-0.15, -0.1) is 0 Å². The molecule has 1 atom stereocenters. The van der Waals surface area contributed by atoms with E-state index in [1.54, 1.807) is 7.11 Å². The summed E-state index contributed by atoms with van der Waals surface area (Å²) in [6.07, 6.45) is 6.50. The van der Waals surface area contributed by atoms with Crippen LogP contribution in [0.1, 0.15) is 39.0 Å². The van der Waals surface area contributed by atoms with E-state index in [-0.39, 0.29) is 12.5 Å². The Morgan fingerprint density at radius 1 is 1.43 bits per heavy atom. The second-order valence-corrected chi connectivity index (χ2v) is 4.19. The molecule has 1 saturated carbocycles. The summed E-state index contributed by atoms with van der Waals surface area (Å²) < 4.78 is 4.78. The topological polar surface area (TPSA) is 38.3 Å². The van der Waals surface area contributed by atoms with Gasteiger partial charge in [0.2, 0.25) is 5.91 Å². The van der Waals surface area contributed by atoms with Gasteiger partial charge in [-0.05, 0) is 25.7 Å². The van der Waals surface area contributed by atoms with Crippen LogP contribution in [-0.4, -0.2) is 25.7 Å². The van der Waals surface area contributed by atoms with Crippen molar-refractivity contribution in [2.24, 2.45) is 5.92 Å². The maximum atomic E-state index is 11.3. The third-order valence-electron chi connectivity index (χ3n) is 3.02. The van der Waals surface area contributed by atoms with Gasteiger partial charge in [-0.3, -0.25) is 4.79 Å². The Morgan fingerprint density at radius 3 is 2.64 bits per heavy atom. The minimum absolute atomic E-state index is 0.00516. The van der Waals surface area contributed by atoms with Crippen LogP contribution in [-0.2, 0) is 9.53 Å². The first-order valence-corrected chi connectivity index (χ1v) is 5.52. The van der Waals surface area contributed by atoms with Crippen molar-refractivity contribution >= 4 is 5.91 Å². The highest BCUT2D eigenvalue weighted by Crippen LogP contribution is 2.26. The zero-order valence-electron chi connectivity index (χ0n) is 9.21. The molecule has 1 fully saturated rings. The van der Waals surface area contributed by atoms with Crippen LogP contribution >= 0.6 is 0 Å². The molecule has 1 amide bonds. The van der Waals surface area contributed by atoms with Gasteiger partial charge in [0.1, 0.15) is 6.61 Å². The number of hydrogen-bond donors (Lipinski definition) is 1. The average molecular weight is 199 g/mol. The summed E-state index contributed by atoms with van der Waals surface area (Å²) in [6.45, 7) is 2.28. The lowest BCUT2D eigenvalue weighted by Crippen LogP contribution is -2.40. The Kier molecular flexibility index (Phi) is 4.94. The van der Waals surface area contributed by atoms with Crippen molar-refractivity contribution in [1.29, 1.82) is 0 Å². The van der Waals surface area contributed by atoms with Gasteiger partial charge in [0, 0.05) is 13.2 Å². The molecule has 1 aliphatic rings. The molecule has 1 rings (SSSR count). The zero-order chi connectivity index (χ0) is 10.4. The first-order chi connectivity index (χ1) is 6.74. The van der Waals surface area contributed by atoms with Crippen LogP contribution in [0.5, 0.6) is 0 Å². The Labute approximate surface area is 86.2 Å². The maximum Gasteiger partial charge on any atom is 0.246 e. The van der Waals surface area contributed by atoms with Gasteiger partial charge in [0.25, 0.3) is 0 Å². The highest BCUT2D eigenvalue weighted by molar-refractivity contribution is 5.77. The molecule has 1 N–H and O–H groups in total. The lowest BCUT2D eigenvalue weighted by molar-refractivity contribution is -0.125. The highest BCUT2D eigenvalue weighted by Gasteiger charge is 2.20. The van der Waals surface area contributed by atoms with Crippen molar-refractivity contribution in [2.75, 3.05) is 13.7 Å². The van der Waals surface area contributed by atoms with Crippen LogP contribution in [0.4, 0.5) is 0 Å². The fourth-order valence-corrected chi connectivity index (χ4v) is 2.18. The fourth-order valence-electron chi connectivity index (χ4n) is 2.18. The van der Waals surface area contributed by atoms with E-state index >= 15 is 0 Å². The van der Waals surface area contributed by atoms with Gasteiger partial charge in [-0.25, -0.2) is 0 Å². The molecule has 3 nitrogen and oxygen atoms in total. The Hall–Kier alpha value is -0.570. The van der Waals surface area contributed by atoms with E-state index in [4.69, 9.17) is 4.74 Å². The van der Waals surface area contributed by atoms with Crippen LogP contribution in [0.2, 0.25) is 0 Å². The number of carbonyl (C=O) groups excluding carboxylic acids is 1. The smallest absolute Gasteiger partial charge is 0.246 e. The largest absolute Gasteiger partial charge is 0.375 e. The number of rotatable bonds is 4. The van der Waals surface area contributed by atoms with E-state index in [0.717, 1.165) is 0 Å². The third kappa shape index (κ3) is 3.66. The molecule has 0 spiro atoms. The quantitative estimate of drug-likeness (QED) is 0.748. The highest BCUT2D eigenvalue weighted by atomic mass is 16.5. The van der Waals surface area contributed by atoms with Crippen molar-refractivity contribution < 1.29 is 9.53 Å². The molecule has 0 unspecified atom stereocenters. The molecule has 0 radical (unpaired) electrons. The normalized spacial score (nSPS) is 20.4. The predicted molar refractivity (Wildman–Crippen MR) is 56.1 cm³/mol. The van der Waals surface area contributed by atoms with Gasteiger partial charge < -0.3 is 10.1 Å². The summed E-state index contributed by atoms with van der Waals surface area (Å²) in [5, 5.41) is 2.99. The minimum Gasteiger partial charge on any atom is -0.375 e. The molecule has 14 heavy (non-hydrogen) atoms. The Balaban J connectivity index is 2.25. The SMILES string of the molecule is COCC(=O)N[C@H](C)C1CCCCC1. The summed E-state index contributed by atoms with van der Waals surface area (Å²) in [7, 11) is 1.55. The number of amides is 1. The lowest BCUT2D eigenvalue weighted by atomic mass is 9.84. The second kappa shape index (κ2) is 6.02. The van der Waals surface area contributed by atoms with Crippen LogP contribution in [0.25, 0.3) is 0 Å². The van der Waals surface area contributed by atoms with E-state index in [1.165, 1.54) is 32.1 Å². The molecule has 0 bridgehead atoms. The van der Waals surface area contributed by atoms with Crippen molar-refractivity contribution in [3.63, 3.8) is 0 Å². The summed E-state index contributed by atoms with van der Waals surface area (Å²) >= 11 is 0. The molecule has 0 aliphatic heterocycles. The molecular weight excluding hydrogens is 178 g/mol. The lowest BCUT2D eigenvalue weighted by Gasteiger charge is -2.28. The molecule has 1 aliphatic carbocycles. The van der Waals surface area contributed by atoms with Crippen molar-refractivity contribution in [3.05, 3.63) is 0 Å². The maximum absolute atomic E-state index is 11.3. The number of nitrogens with one attached hydrogen (secondary N) is 1. The van der Waals surface area contributed by atoms with Crippen LogP contribution in [0.3, 0.4) is 0 Å². The summed E-state index contributed by atoms with van der Waals surface area (Å²) in [6, 6.07) is 0.304. The Morgan fingerprint density at radius 2 is 2.07 bits per heavy atom. The monoisotopic (exact) mass is 199 g/mol. The third-order valence-corrected chi connectivity index (χ3v) is 3.02. The van der Waals surface area contributed by atoms with Gasteiger partial charge in [-0.1, -0.05) is 19.3 Å². The molecule has 0 aromatic rings. The standard InChI is InChI=1S/C11H21NO2/c1-9(12-11(13)8-14-2)10-6-4-3-5-7-10/h9-10H,3-8H2,1-2H3,(H,12,13)/t9-/m1/s1. The zero-order valence-corrected chi connectivity index (χ0v) is 9.21. The summed E-state index contributed by atoms with van der Waals surface area (Å²) in [5.41, 5.74) is 0. The van der Waals surface area contributed by atoms with Crippen molar-refractivity contribution in [1.82, 2.24) is 5.32 Å². The predicted octanol–water partition coefficient (Wildman–Crippen LogP) is 1.72. The van der Waals surface area contributed by atoms with E-state index in [1.807, 2.05) is 0 Å². The number of methoxy groups -OCH3 is 1. The number of hydrogen-bond acceptors (Lipinski definition) is 2. The first-order valence-electron chi connectivity index (χ1n) is 5.52. The van der Waals surface area contributed by atoms with Gasteiger partial charge >= 0.3 is 0 Å². The molecule has 0 heterocycles. The molecule has 0 saturated heterocycles. The first kappa shape index (κ1) is 11.5. The van der Waals surface area contributed by atoms with E-state index in [2.05, 4.69) is 12.2 Å². The minimum atomic E-state index is 0.00516. The summed E-state index contributed by atoms with van der Waals surface area (Å²) in [5.74, 6) is 0.676. The van der Waals surface area contributed by atoms with Gasteiger partial charge in [0.15, 0.2) is 0 Å². The molecular formula is C11H21NO2. The van der Waals surface area contributed by atoms with Gasteiger partial charge in [-0.2, -0.15) is 0 Å². The number of carbonyl (C=O) groups is 1. The van der Waals surface area contributed by atoms with Gasteiger partial charge in [0.05, 0.1) is 0 Å². The second-order valence-electron chi connectivity index (χ2n) is 4.19. The fraction of sp³-hybridized carbons (Fsp3) is 0.909. The van der Waals surface area contributed by atoms with E-state index in [9.17, 15) is 4.79 Å². The van der Waals surface area contributed by atoms with Crippen LogP contribution < -0.4 is 5.32 Å². The number of ether oxygens (including phenoxy) is 1. The summed E-state index contributed by atoms with van der Waals surface area (Å²) in [4.78, 5) is 11.3. The van der Waals surface area contributed by atoms with Crippen LogP contribution in [0, 0.1) is 5.92 Å². The Bertz CT molecular complexity index is 176. The molecule has 82 valence electrons. The molecule has 0 aromatic carbocycles. The van der Waals surface area contributed by atoms with E-state index < -0.39 is 0 Å². The van der Waals surface area contributed by atoms with E-state index in [0.29, 0.717) is 12.0 Å². The average Bonchev–Trinajstić information content (AvgIpc) is 2.19. The van der Waals surface area contributed by atoms with Crippen molar-refractivity contribution in [3.8, 4) is 0 Å². The molecule has 3 heteroatoms.